The number of H-pyrrole nitrogens is 1. The summed E-state index contributed by atoms with van der Waals surface area (Å²) >= 11 is 3.35. The Bertz CT molecular complexity index is 654. The molecule has 0 unspecified atom stereocenters. The molecule has 0 atom stereocenters. The van der Waals surface area contributed by atoms with Crippen molar-refractivity contribution in [3.05, 3.63) is 51.8 Å². The maximum absolute atomic E-state index is 11.6. The third-order valence-electron chi connectivity index (χ3n) is 2.75. The van der Waals surface area contributed by atoms with E-state index >= 15 is 0 Å². The van der Waals surface area contributed by atoms with Gasteiger partial charge in [-0.3, -0.25) is 15.3 Å². The van der Waals surface area contributed by atoms with Gasteiger partial charge in [-0.1, -0.05) is 28.1 Å². The van der Waals surface area contributed by atoms with Crippen LogP contribution in [0.1, 0.15) is 21.7 Å². The number of nitrogens with one attached hydrogen (secondary N) is 3. The van der Waals surface area contributed by atoms with E-state index in [0.717, 1.165) is 15.7 Å². The lowest BCUT2D eigenvalue weighted by Crippen LogP contribution is -2.42. The van der Waals surface area contributed by atoms with Gasteiger partial charge in [-0.25, -0.2) is 10.2 Å². The van der Waals surface area contributed by atoms with Crippen LogP contribution in [0.2, 0.25) is 0 Å². The number of aromatic amines is 1. The summed E-state index contributed by atoms with van der Waals surface area (Å²) in [5.41, 5.74) is 6.37. The summed E-state index contributed by atoms with van der Waals surface area (Å²) in [5.74, 6) is -0.519. The molecule has 7 nitrogen and oxygen atoms in total. The highest BCUT2D eigenvalue weighted by Gasteiger charge is 2.10. The highest BCUT2D eigenvalue weighted by molar-refractivity contribution is 9.10. The van der Waals surface area contributed by atoms with Crippen LogP contribution in [0.5, 0.6) is 0 Å². The summed E-state index contributed by atoms with van der Waals surface area (Å²) in [6.45, 7) is 1.98. The van der Waals surface area contributed by atoms with E-state index in [2.05, 4.69) is 37.0 Å². The van der Waals surface area contributed by atoms with Gasteiger partial charge < -0.3 is 4.74 Å². The normalized spacial score (nSPS) is 10.1. The standard InChI is InChI=1S/C14H15BrN4O3/c1-9-8-12(17-16-9)13(20)18-19-14(21)22-7-6-10-2-4-11(15)5-3-10/h2-5,8H,6-7H2,1H3,(H,16,17)(H,18,20)(H,19,21). The van der Waals surface area contributed by atoms with Crippen LogP contribution in [0, 0.1) is 6.92 Å². The van der Waals surface area contributed by atoms with Crippen LogP contribution >= 0.6 is 15.9 Å². The monoisotopic (exact) mass is 366 g/mol. The first-order valence-corrected chi connectivity index (χ1v) is 7.33. The molecule has 0 bridgehead atoms. The number of hydrogen-bond donors (Lipinski definition) is 3. The van der Waals surface area contributed by atoms with Crippen molar-refractivity contribution in [1.29, 1.82) is 0 Å². The molecule has 1 aromatic carbocycles. The van der Waals surface area contributed by atoms with Crippen molar-refractivity contribution in [3.8, 4) is 0 Å². The van der Waals surface area contributed by atoms with Gasteiger partial charge in [0.05, 0.1) is 6.61 Å². The Morgan fingerprint density at radius 2 is 2.00 bits per heavy atom. The van der Waals surface area contributed by atoms with Gasteiger partial charge in [0.15, 0.2) is 5.69 Å². The maximum atomic E-state index is 11.6. The molecule has 1 heterocycles. The van der Waals surface area contributed by atoms with E-state index in [1.165, 1.54) is 0 Å². The van der Waals surface area contributed by atoms with Crippen LogP contribution < -0.4 is 10.9 Å². The van der Waals surface area contributed by atoms with Crippen molar-refractivity contribution in [3.63, 3.8) is 0 Å². The number of carbonyl (C=O) groups excluding carboxylic acids is 2. The van der Waals surface area contributed by atoms with Gasteiger partial charge in [0.25, 0.3) is 5.91 Å². The van der Waals surface area contributed by atoms with Crippen molar-refractivity contribution < 1.29 is 14.3 Å². The Labute approximate surface area is 135 Å². The zero-order chi connectivity index (χ0) is 15.9. The van der Waals surface area contributed by atoms with Crippen molar-refractivity contribution >= 4 is 27.9 Å². The zero-order valence-electron chi connectivity index (χ0n) is 11.9. The minimum atomic E-state index is -0.724. The van der Waals surface area contributed by atoms with Gasteiger partial charge in [0, 0.05) is 16.6 Å². The number of carbonyl (C=O) groups is 2. The molecular weight excluding hydrogens is 352 g/mol. The molecule has 0 aliphatic carbocycles. The Balaban J connectivity index is 1.67. The van der Waals surface area contributed by atoms with Crippen LogP contribution in [0.4, 0.5) is 4.79 Å². The van der Waals surface area contributed by atoms with Gasteiger partial charge in [0.2, 0.25) is 0 Å². The molecule has 3 N–H and O–H groups in total. The first-order chi connectivity index (χ1) is 10.5. The number of hydrazine groups is 1. The van der Waals surface area contributed by atoms with E-state index in [1.54, 1.807) is 13.0 Å². The molecule has 116 valence electrons. The molecule has 8 heteroatoms. The molecule has 0 aliphatic rings. The molecule has 1 aromatic heterocycles. The lowest BCUT2D eigenvalue weighted by atomic mass is 10.2. The molecule has 0 radical (unpaired) electrons. The van der Waals surface area contributed by atoms with Crippen molar-refractivity contribution in [1.82, 2.24) is 21.0 Å². The molecule has 0 aliphatic heterocycles. The fourth-order valence-electron chi connectivity index (χ4n) is 1.65. The molecule has 0 saturated heterocycles. The summed E-state index contributed by atoms with van der Waals surface area (Å²) in [4.78, 5) is 23.1. The van der Waals surface area contributed by atoms with E-state index in [4.69, 9.17) is 4.74 Å². The molecule has 0 saturated carbocycles. The molecule has 2 aromatic rings. The molecule has 0 fully saturated rings. The summed E-state index contributed by atoms with van der Waals surface area (Å²) in [6.07, 6.45) is -0.134. The predicted octanol–water partition coefficient (Wildman–Crippen LogP) is 2.09. The Kier molecular flexibility index (Phi) is 5.54. The van der Waals surface area contributed by atoms with Gasteiger partial charge in [-0.05, 0) is 30.7 Å². The van der Waals surface area contributed by atoms with Gasteiger partial charge >= 0.3 is 6.09 Å². The molecule has 2 rings (SSSR count). The minimum absolute atomic E-state index is 0.188. The average Bonchev–Trinajstić information content (AvgIpc) is 2.93. The number of nitrogens with zero attached hydrogens (tertiary/aromatic N) is 1. The van der Waals surface area contributed by atoms with E-state index < -0.39 is 12.0 Å². The molecule has 0 spiro atoms. The zero-order valence-corrected chi connectivity index (χ0v) is 13.4. The van der Waals surface area contributed by atoms with Gasteiger partial charge in [0.1, 0.15) is 0 Å². The van der Waals surface area contributed by atoms with E-state index in [1.807, 2.05) is 24.3 Å². The highest BCUT2D eigenvalue weighted by Crippen LogP contribution is 2.10. The van der Waals surface area contributed by atoms with Crippen LogP contribution in [0.25, 0.3) is 0 Å². The molecule has 22 heavy (non-hydrogen) atoms. The quantitative estimate of drug-likeness (QED) is 0.721. The van der Waals surface area contributed by atoms with Crippen LogP contribution in [0.3, 0.4) is 0 Å². The van der Waals surface area contributed by atoms with E-state index in [0.29, 0.717) is 6.42 Å². The number of benzene rings is 1. The number of amides is 2. The van der Waals surface area contributed by atoms with E-state index in [9.17, 15) is 9.59 Å². The lowest BCUT2D eigenvalue weighted by molar-refractivity contribution is 0.0905. The van der Waals surface area contributed by atoms with Crippen molar-refractivity contribution in [2.45, 2.75) is 13.3 Å². The topological polar surface area (TPSA) is 96.1 Å². The number of aromatic nitrogens is 2. The van der Waals surface area contributed by atoms with Gasteiger partial charge in [-0.2, -0.15) is 5.10 Å². The van der Waals surface area contributed by atoms with Gasteiger partial charge in [-0.15, -0.1) is 0 Å². The number of rotatable bonds is 4. The SMILES string of the molecule is Cc1cc(C(=O)NNC(=O)OCCc2ccc(Br)cc2)n[nH]1. The number of aryl methyl sites for hydroxylation is 1. The van der Waals surface area contributed by atoms with Crippen LogP contribution in [0.15, 0.2) is 34.8 Å². The second kappa shape index (κ2) is 7.60. The smallest absolute Gasteiger partial charge is 0.426 e. The lowest BCUT2D eigenvalue weighted by Gasteiger charge is -2.07. The van der Waals surface area contributed by atoms with Crippen LogP contribution in [-0.4, -0.2) is 28.8 Å². The summed E-state index contributed by atoms with van der Waals surface area (Å²) in [7, 11) is 0. The fraction of sp³-hybridized carbons (Fsp3) is 0.214. The number of hydrogen-bond acceptors (Lipinski definition) is 4. The van der Waals surface area contributed by atoms with Crippen molar-refractivity contribution in [2.24, 2.45) is 0 Å². The number of ether oxygens (including phenoxy) is 1. The summed E-state index contributed by atoms with van der Waals surface area (Å²) < 4.78 is 5.95. The molecule has 2 amide bonds. The Hall–Kier alpha value is -2.35. The Morgan fingerprint density at radius 1 is 1.27 bits per heavy atom. The maximum Gasteiger partial charge on any atom is 0.426 e. The highest BCUT2D eigenvalue weighted by atomic mass is 79.9. The predicted molar refractivity (Wildman–Crippen MR) is 83.1 cm³/mol. The third kappa shape index (κ3) is 4.88. The first kappa shape index (κ1) is 16.0. The second-order valence-corrected chi connectivity index (χ2v) is 5.44. The summed E-state index contributed by atoms with van der Waals surface area (Å²) in [6, 6.07) is 9.28. The van der Waals surface area contributed by atoms with E-state index in [-0.39, 0.29) is 12.3 Å². The third-order valence-corrected chi connectivity index (χ3v) is 3.28. The summed E-state index contributed by atoms with van der Waals surface area (Å²) in [5, 5.41) is 6.40. The van der Waals surface area contributed by atoms with Crippen LogP contribution in [-0.2, 0) is 11.2 Å². The first-order valence-electron chi connectivity index (χ1n) is 6.54. The number of halogens is 1. The fourth-order valence-corrected chi connectivity index (χ4v) is 1.92. The average molecular weight is 367 g/mol. The Morgan fingerprint density at radius 3 is 2.64 bits per heavy atom. The van der Waals surface area contributed by atoms with Crippen molar-refractivity contribution in [2.75, 3.05) is 6.61 Å². The second-order valence-electron chi connectivity index (χ2n) is 4.53. The largest absolute Gasteiger partial charge is 0.448 e. The molecular formula is C14H15BrN4O3. The minimum Gasteiger partial charge on any atom is -0.448 e.